The third-order valence-corrected chi connectivity index (χ3v) is 3.34. The minimum Gasteiger partial charge on any atom is -0.394 e. The molecule has 2 rings (SSSR count). The predicted molar refractivity (Wildman–Crippen MR) is 66.6 cm³/mol. The highest BCUT2D eigenvalue weighted by Gasteiger charge is 2.33. The van der Waals surface area contributed by atoms with E-state index in [0.717, 1.165) is 0 Å². The Hall–Kier alpha value is -1.58. The molecule has 0 unspecified atom stereocenters. The van der Waals surface area contributed by atoms with Gasteiger partial charge in [0.05, 0.1) is 19.2 Å². The van der Waals surface area contributed by atoms with E-state index in [0.29, 0.717) is 25.4 Å². The summed E-state index contributed by atoms with van der Waals surface area (Å²) in [4.78, 5) is 11.9. The van der Waals surface area contributed by atoms with Crippen LogP contribution in [-0.2, 0) is 16.1 Å². The summed E-state index contributed by atoms with van der Waals surface area (Å²) in [6.45, 7) is 2.27. The van der Waals surface area contributed by atoms with Crippen molar-refractivity contribution in [2.24, 2.45) is 0 Å². The van der Waals surface area contributed by atoms with Gasteiger partial charge in [0.15, 0.2) is 0 Å². The van der Waals surface area contributed by atoms with Crippen LogP contribution < -0.4 is 5.32 Å². The standard InChI is InChI=1S/C11H19N5O4/c1-7-13-14-15-16(7)4-2-10(18)12-8-3-5-20-9(6-17)11(8)19/h8-9,11,17,19H,2-6H2,1H3,(H,12,18)/t8-,9+,11-/m0/s1. The number of tetrazole rings is 1. The van der Waals surface area contributed by atoms with E-state index in [1.807, 2.05) is 0 Å². The summed E-state index contributed by atoms with van der Waals surface area (Å²) in [5.74, 6) is 0.451. The molecule has 20 heavy (non-hydrogen) atoms. The lowest BCUT2D eigenvalue weighted by Gasteiger charge is -2.34. The Labute approximate surface area is 115 Å². The largest absolute Gasteiger partial charge is 0.394 e. The Balaban J connectivity index is 1.80. The van der Waals surface area contributed by atoms with Gasteiger partial charge in [-0.15, -0.1) is 5.10 Å². The molecule has 0 saturated carbocycles. The van der Waals surface area contributed by atoms with Gasteiger partial charge in [-0.1, -0.05) is 0 Å². The fourth-order valence-corrected chi connectivity index (χ4v) is 2.14. The van der Waals surface area contributed by atoms with Gasteiger partial charge in [0.1, 0.15) is 18.0 Å². The fraction of sp³-hybridized carbons (Fsp3) is 0.818. The molecule has 3 N–H and O–H groups in total. The number of rotatable bonds is 5. The van der Waals surface area contributed by atoms with E-state index < -0.39 is 18.2 Å². The highest BCUT2D eigenvalue weighted by molar-refractivity contribution is 5.76. The van der Waals surface area contributed by atoms with Gasteiger partial charge in [0, 0.05) is 13.0 Å². The van der Waals surface area contributed by atoms with Gasteiger partial charge in [-0.25, -0.2) is 4.68 Å². The smallest absolute Gasteiger partial charge is 0.222 e. The fourth-order valence-electron chi connectivity index (χ4n) is 2.14. The average Bonchev–Trinajstić information content (AvgIpc) is 2.84. The second-order valence-electron chi connectivity index (χ2n) is 4.74. The van der Waals surface area contributed by atoms with Crippen LogP contribution in [0.1, 0.15) is 18.7 Å². The Morgan fingerprint density at radius 2 is 2.40 bits per heavy atom. The third-order valence-electron chi connectivity index (χ3n) is 3.34. The molecule has 1 fully saturated rings. The van der Waals surface area contributed by atoms with Crippen molar-refractivity contribution < 1.29 is 19.7 Å². The van der Waals surface area contributed by atoms with Crippen LogP contribution in [0.5, 0.6) is 0 Å². The molecule has 0 bridgehead atoms. The minimum absolute atomic E-state index is 0.192. The monoisotopic (exact) mass is 285 g/mol. The first kappa shape index (κ1) is 14.8. The molecule has 0 aliphatic carbocycles. The number of aromatic nitrogens is 4. The number of ether oxygens (including phenoxy) is 1. The van der Waals surface area contributed by atoms with Crippen LogP contribution >= 0.6 is 0 Å². The maximum Gasteiger partial charge on any atom is 0.222 e. The molecule has 112 valence electrons. The molecule has 2 heterocycles. The van der Waals surface area contributed by atoms with Crippen molar-refractivity contribution in [3.63, 3.8) is 0 Å². The number of nitrogens with one attached hydrogen (secondary N) is 1. The number of nitrogens with zero attached hydrogens (tertiary/aromatic N) is 4. The number of amides is 1. The van der Waals surface area contributed by atoms with Crippen molar-refractivity contribution in [1.82, 2.24) is 25.5 Å². The zero-order valence-corrected chi connectivity index (χ0v) is 11.3. The quantitative estimate of drug-likeness (QED) is 0.571. The topological polar surface area (TPSA) is 122 Å². The molecule has 9 heteroatoms. The van der Waals surface area contributed by atoms with Crippen molar-refractivity contribution in [1.29, 1.82) is 0 Å². The molecule has 0 spiro atoms. The molecule has 1 aromatic rings. The van der Waals surface area contributed by atoms with Crippen LogP contribution in [0.25, 0.3) is 0 Å². The van der Waals surface area contributed by atoms with Gasteiger partial charge in [-0.2, -0.15) is 0 Å². The molecule has 1 amide bonds. The van der Waals surface area contributed by atoms with Crippen molar-refractivity contribution in [2.45, 2.75) is 44.6 Å². The first-order valence-electron chi connectivity index (χ1n) is 6.54. The Morgan fingerprint density at radius 3 is 3.05 bits per heavy atom. The summed E-state index contributed by atoms with van der Waals surface area (Å²) in [5.41, 5.74) is 0. The number of carbonyl (C=O) groups excluding carboxylic acids is 1. The van der Waals surface area contributed by atoms with Crippen LogP contribution in [0.4, 0.5) is 0 Å². The average molecular weight is 285 g/mol. The van der Waals surface area contributed by atoms with Crippen molar-refractivity contribution >= 4 is 5.91 Å². The van der Waals surface area contributed by atoms with Crippen molar-refractivity contribution in [3.05, 3.63) is 5.82 Å². The summed E-state index contributed by atoms with van der Waals surface area (Å²) in [7, 11) is 0. The lowest BCUT2D eigenvalue weighted by molar-refractivity contribution is -0.131. The van der Waals surface area contributed by atoms with Crippen LogP contribution in [-0.4, -0.2) is 67.8 Å². The molecular formula is C11H19N5O4. The second kappa shape index (κ2) is 6.73. The molecule has 1 aliphatic heterocycles. The van der Waals surface area contributed by atoms with E-state index in [4.69, 9.17) is 9.84 Å². The van der Waals surface area contributed by atoms with E-state index in [1.165, 1.54) is 4.68 Å². The molecule has 9 nitrogen and oxygen atoms in total. The van der Waals surface area contributed by atoms with Crippen LogP contribution in [0.15, 0.2) is 0 Å². The van der Waals surface area contributed by atoms with E-state index in [9.17, 15) is 9.90 Å². The van der Waals surface area contributed by atoms with E-state index >= 15 is 0 Å². The summed E-state index contributed by atoms with van der Waals surface area (Å²) in [6, 6.07) is -0.400. The number of aryl methyl sites for hydroxylation is 2. The summed E-state index contributed by atoms with van der Waals surface area (Å²) in [5, 5.41) is 32.7. The van der Waals surface area contributed by atoms with E-state index in [2.05, 4.69) is 20.8 Å². The van der Waals surface area contributed by atoms with Crippen LogP contribution in [0, 0.1) is 6.92 Å². The molecular weight excluding hydrogens is 266 g/mol. The minimum atomic E-state index is -0.896. The van der Waals surface area contributed by atoms with Crippen LogP contribution in [0.3, 0.4) is 0 Å². The lowest BCUT2D eigenvalue weighted by atomic mass is 10.00. The van der Waals surface area contributed by atoms with Gasteiger partial charge in [-0.05, 0) is 23.8 Å². The highest BCUT2D eigenvalue weighted by Crippen LogP contribution is 2.14. The number of hydrogen-bond acceptors (Lipinski definition) is 7. The van der Waals surface area contributed by atoms with Gasteiger partial charge in [-0.3, -0.25) is 4.79 Å². The maximum atomic E-state index is 11.9. The summed E-state index contributed by atoms with van der Waals surface area (Å²) < 4.78 is 6.74. The normalized spacial score (nSPS) is 26.4. The summed E-state index contributed by atoms with van der Waals surface area (Å²) >= 11 is 0. The Morgan fingerprint density at radius 1 is 1.60 bits per heavy atom. The third kappa shape index (κ3) is 3.50. The van der Waals surface area contributed by atoms with Gasteiger partial charge in [0.2, 0.25) is 5.91 Å². The molecule has 1 saturated heterocycles. The molecule has 0 aromatic carbocycles. The van der Waals surface area contributed by atoms with Gasteiger partial charge < -0.3 is 20.3 Å². The van der Waals surface area contributed by atoms with Crippen LogP contribution in [0.2, 0.25) is 0 Å². The number of hydrogen-bond donors (Lipinski definition) is 3. The highest BCUT2D eigenvalue weighted by atomic mass is 16.5. The van der Waals surface area contributed by atoms with Gasteiger partial charge in [0.25, 0.3) is 0 Å². The zero-order valence-electron chi connectivity index (χ0n) is 11.3. The molecule has 0 radical (unpaired) electrons. The number of aliphatic hydroxyl groups is 2. The Kier molecular flexibility index (Phi) is 4.99. The maximum absolute atomic E-state index is 11.9. The lowest BCUT2D eigenvalue weighted by Crippen LogP contribution is -2.54. The van der Waals surface area contributed by atoms with E-state index in [-0.39, 0.29) is 18.9 Å². The first-order valence-corrected chi connectivity index (χ1v) is 6.54. The predicted octanol–water partition coefficient (Wildman–Crippen LogP) is -2.00. The van der Waals surface area contributed by atoms with E-state index in [1.54, 1.807) is 6.92 Å². The summed E-state index contributed by atoms with van der Waals surface area (Å²) in [6.07, 6.45) is -0.796. The zero-order chi connectivity index (χ0) is 14.5. The second-order valence-corrected chi connectivity index (χ2v) is 4.74. The Bertz CT molecular complexity index is 452. The molecule has 3 atom stereocenters. The van der Waals surface area contributed by atoms with Crippen molar-refractivity contribution in [3.8, 4) is 0 Å². The molecule has 1 aliphatic rings. The van der Waals surface area contributed by atoms with Crippen molar-refractivity contribution in [2.75, 3.05) is 13.2 Å². The molecule has 1 aromatic heterocycles. The number of aliphatic hydroxyl groups excluding tert-OH is 2. The number of carbonyl (C=O) groups is 1. The SMILES string of the molecule is Cc1nnnn1CCC(=O)N[C@H]1CCO[C@H](CO)[C@H]1O. The van der Waals surface area contributed by atoms with Gasteiger partial charge >= 0.3 is 0 Å². The first-order chi connectivity index (χ1) is 9.61.